The van der Waals surface area contributed by atoms with Crippen molar-refractivity contribution in [1.82, 2.24) is 20.9 Å². The number of nitrogens with zero attached hydrogens (tertiary/aromatic N) is 2. The van der Waals surface area contributed by atoms with E-state index in [1.807, 2.05) is 39.8 Å². The molecule has 3 aliphatic heterocycles. The lowest BCUT2D eigenvalue weighted by Gasteiger charge is -2.36. The molecule has 4 aliphatic rings. The summed E-state index contributed by atoms with van der Waals surface area (Å²) in [5.41, 5.74) is -0.227. The zero-order valence-electron chi connectivity index (χ0n) is 28.3. The molecule has 2 saturated heterocycles. The Morgan fingerprint density at radius 3 is 2.35 bits per heavy atom. The highest BCUT2D eigenvalue weighted by Crippen LogP contribution is 2.40. The number of ether oxygens (including phenoxy) is 1. The van der Waals surface area contributed by atoms with Crippen LogP contribution in [-0.2, 0) is 33.5 Å². The van der Waals surface area contributed by atoms with Crippen LogP contribution in [0.25, 0.3) is 0 Å². The Kier molecular flexibility index (Phi) is 11.1. The summed E-state index contributed by atoms with van der Waals surface area (Å²) in [6.07, 6.45) is 4.75. The van der Waals surface area contributed by atoms with Crippen molar-refractivity contribution in [3.05, 3.63) is 34.9 Å². The number of Topliss-reactive ketones (excluding diaryl/α,β-unsaturated/α-hetero) is 1. The van der Waals surface area contributed by atoms with Crippen molar-refractivity contribution in [2.75, 3.05) is 19.8 Å². The van der Waals surface area contributed by atoms with E-state index in [0.29, 0.717) is 36.8 Å². The summed E-state index contributed by atoms with van der Waals surface area (Å²) in [6.45, 7) is 8.73. The number of rotatable bonds is 12. The number of nitrogens with one attached hydrogen (secondary N) is 3. The Bertz CT molecular complexity index is 1420. The predicted molar refractivity (Wildman–Crippen MR) is 179 cm³/mol. The molecule has 1 aromatic rings. The van der Waals surface area contributed by atoms with Gasteiger partial charge in [-0.15, -0.1) is 0 Å². The number of carbonyl (C=O) groups is 5. The standard InChI is InChI=1S/C35H48ClN5O7/c1-5-6-25(29(43)32(45)37-24-11-12-24)38-31(44)27-19-35(18-26(40-48-35)22-7-9-23(36)10-8-22)20-41(27)33(46)30(34(2,3)4)39-28(42)17-21-13-15-47-16-14-21/h7-10,21,24-25,27,30H,5-6,11-20H2,1-4H3,(H,37,45)(H,38,44)(H,39,42)/t25-,27-,30+,35+/m0/s1. The van der Waals surface area contributed by atoms with Gasteiger partial charge in [-0.1, -0.05) is 63.0 Å². The van der Waals surface area contributed by atoms with Crippen molar-refractivity contribution in [3.63, 3.8) is 0 Å². The molecule has 48 heavy (non-hydrogen) atoms. The molecule has 1 aromatic carbocycles. The van der Waals surface area contributed by atoms with E-state index < -0.39 is 52.6 Å². The van der Waals surface area contributed by atoms with Gasteiger partial charge < -0.3 is 30.4 Å². The fourth-order valence-corrected chi connectivity index (χ4v) is 6.77. The summed E-state index contributed by atoms with van der Waals surface area (Å²) in [4.78, 5) is 75.2. The molecule has 0 radical (unpaired) electrons. The van der Waals surface area contributed by atoms with Crippen LogP contribution in [0.4, 0.5) is 0 Å². The summed E-state index contributed by atoms with van der Waals surface area (Å²) in [6, 6.07) is 4.16. The zero-order chi connectivity index (χ0) is 34.6. The van der Waals surface area contributed by atoms with Gasteiger partial charge >= 0.3 is 0 Å². The second-order valence-corrected chi connectivity index (χ2v) is 15.2. The Morgan fingerprint density at radius 2 is 1.73 bits per heavy atom. The molecule has 4 atom stereocenters. The lowest BCUT2D eigenvalue weighted by molar-refractivity contribution is -0.145. The minimum atomic E-state index is -1.04. The quantitative estimate of drug-likeness (QED) is 0.285. The van der Waals surface area contributed by atoms with Crippen LogP contribution in [0, 0.1) is 11.3 Å². The highest BCUT2D eigenvalue weighted by Gasteiger charge is 2.55. The first kappa shape index (κ1) is 35.8. The monoisotopic (exact) mass is 685 g/mol. The number of hydrogen-bond acceptors (Lipinski definition) is 8. The predicted octanol–water partition coefficient (Wildman–Crippen LogP) is 3.28. The lowest BCUT2D eigenvalue weighted by Crippen LogP contribution is -2.59. The van der Waals surface area contributed by atoms with E-state index in [4.69, 9.17) is 21.2 Å². The molecule has 3 fully saturated rings. The lowest BCUT2D eigenvalue weighted by atomic mass is 9.85. The van der Waals surface area contributed by atoms with Gasteiger partial charge in [0.15, 0.2) is 5.60 Å². The average Bonchev–Trinajstić information content (AvgIpc) is 3.64. The van der Waals surface area contributed by atoms with Crippen LogP contribution >= 0.6 is 11.6 Å². The van der Waals surface area contributed by atoms with Crippen LogP contribution in [0.15, 0.2) is 29.4 Å². The summed E-state index contributed by atoms with van der Waals surface area (Å²) < 4.78 is 5.43. The van der Waals surface area contributed by atoms with Gasteiger partial charge in [-0.25, -0.2) is 0 Å². The van der Waals surface area contributed by atoms with Crippen LogP contribution in [0.5, 0.6) is 0 Å². The molecule has 13 heteroatoms. The maximum absolute atomic E-state index is 14.5. The largest absolute Gasteiger partial charge is 0.387 e. The molecule has 3 heterocycles. The number of amides is 4. The van der Waals surface area contributed by atoms with Gasteiger partial charge in [0, 0.05) is 43.5 Å². The van der Waals surface area contributed by atoms with Crippen molar-refractivity contribution in [2.45, 2.75) is 115 Å². The third-order valence-corrected chi connectivity index (χ3v) is 9.83. The maximum Gasteiger partial charge on any atom is 0.289 e. The van der Waals surface area contributed by atoms with E-state index in [1.165, 1.54) is 4.90 Å². The van der Waals surface area contributed by atoms with Crippen LogP contribution in [0.2, 0.25) is 5.02 Å². The third kappa shape index (κ3) is 8.74. The zero-order valence-corrected chi connectivity index (χ0v) is 29.1. The number of halogens is 1. The molecule has 0 bridgehead atoms. The number of hydrogen-bond donors (Lipinski definition) is 3. The first-order valence-electron chi connectivity index (χ1n) is 17.1. The van der Waals surface area contributed by atoms with Gasteiger partial charge in [0.25, 0.3) is 5.91 Å². The van der Waals surface area contributed by atoms with E-state index in [-0.39, 0.29) is 43.7 Å². The number of likely N-dealkylation sites (tertiary alicyclic amines) is 1. The van der Waals surface area contributed by atoms with Gasteiger partial charge in [-0.3, -0.25) is 24.0 Å². The van der Waals surface area contributed by atoms with Crippen molar-refractivity contribution >= 4 is 46.7 Å². The molecule has 0 unspecified atom stereocenters. The van der Waals surface area contributed by atoms with Crippen LogP contribution in [-0.4, -0.2) is 89.6 Å². The highest BCUT2D eigenvalue weighted by atomic mass is 35.5. The Labute approximate surface area is 287 Å². The van der Waals surface area contributed by atoms with Crippen LogP contribution in [0.3, 0.4) is 0 Å². The third-order valence-electron chi connectivity index (χ3n) is 9.58. The van der Waals surface area contributed by atoms with Crippen LogP contribution in [0.1, 0.15) is 91.0 Å². The summed E-state index contributed by atoms with van der Waals surface area (Å²) in [5, 5.41) is 13.4. The average molecular weight is 686 g/mol. The molecular weight excluding hydrogens is 638 g/mol. The first-order valence-corrected chi connectivity index (χ1v) is 17.5. The van der Waals surface area contributed by atoms with Gasteiger partial charge in [0.1, 0.15) is 12.1 Å². The van der Waals surface area contributed by atoms with E-state index in [0.717, 1.165) is 31.2 Å². The molecule has 0 aromatic heterocycles. The molecule has 262 valence electrons. The van der Waals surface area contributed by atoms with Crippen LogP contribution < -0.4 is 16.0 Å². The topological polar surface area (TPSA) is 156 Å². The highest BCUT2D eigenvalue weighted by molar-refractivity contribution is 6.38. The molecule has 1 saturated carbocycles. The fraction of sp³-hybridized carbons (Fsp3) is 0.657. The second kappa shape index (κ2) is 14.9. The molecular formula is C35H48ClN5O7. The number of oxime groups is 1. The molecule has 12 nitrogen and oxygen atoms in total. The summed E-state index contributed by atoms with van der Waals surface area (Å²) in [7, 11) is 0. The van der Waals surface area contributed by atoms with Gasteiger partial charge in [-0.2, -0.15) is 0 Å². The molecule has 5 rings (SSSR count). The smallest absolute Gasteiger partial charge is 0.289 e. The van der Waals surface area contributed by atoms with E-state index in [9.17, 15) is 24.0 Å². The minimum absolute atomic E-state index is 0.00688. The molecule has 1 spiro atoms. The summed E-state index contributed by atoms with van der Waals surface area (Å²) in [5.74, 6) is -2.47. The fourth-order valence-electron chi connectivity index (χ4n) is 6.64. The van der Waals surface area contributed by atoms with Crippen molar-refractivity contribution in [1.29, 1.82) is 0 Å². The Hall–Kier alpha value is -3.51. The number of ketones is 1. The normalized spacial score (nSPS) is 24.0. The van der Waals surface area contributed by atoms with Crippen molar-refractivity contribution < 1.29 is 33.5 Å². The van der Waals surface area contributed by atoms with Gasteiger partial charge in [0.05, 0.1) is 18.3 Å². The van der Waals surface area contributed by atoms with Gasteiger partial charge in [0.2, 0.25) is 23.5 Å². The second-order valence-electron chi connectivity index (χ2n) is 14.8. The summed E-state index contributed by atoms with van der Waals surface area (Å²) >= 11 is 6.09. The van der Waals surface area contributed by atoms with E-state index in [2.05, 4.69) is 21.1 Å². The molecule has 3 N–H and O–H groups in total. The molecule has 4 amide bonds. The van der Waals surface area contributed by atoms with E-state index >= 15 is 0 Å². The molecule has 1 aliphatic carbocycles. The first-order chi connectivity index (χ1) is 22.8. The number of carbonyl (C=O) groups excluding carboxylic acids is 5. The van der Waals surface area contributed by atoms with E-state index in [1.54, 1.807) is 12.1 Å². The van der Waals surface area contributed by atoms with Crippen molar-refractivity contribution in [2.24, 2.45) is 16.5 Å². The Balaban J connectivity index is 1.38. The SMILES string of the molecule is CCC[C@H](NC(=O)[C@@H]1C[C@]2(CC(c3ccc(Cl)cc3)=NO2)CN1C(=O)[C@@H](NC(=O)CC1CCOCC1)C(C)(C)C)C(=O)C(=O)NC1CC1. The van der Waals surface area contributed by atoms with Gasteiger partial charge in [-0.05, 0) is 61.1 Å². The minimum Gasteiger partial charge on any atom is -0.387 e. The Morgan fingerprint density at radius 1 is 1.04 bits per heavy atom. The number of benzene rings is 1. The maximum atomic E-state index is 14.5. The van der Waals surface area contributed by atoms with Crippen molar-refractivity contribution in [3.8, 4) is 0 Å².